The number of H-pyrrole nitrogens is 1. The Bertz CT molecular complexity index is 412. The Labute approximate surface area is 88.7 Å². The average molecular weight is 207 g/mol. The highest BCUT2D eigenvalue weighted by molar-refractivity contribution is 5.23. The van der Waals surface area contributed by atoms with Gasteiger partial charge in [-0.2, -0.15) is 0 Å². The molecule has 3 rings (SSSR count). The fraction of sp³-hybridized carbons (Fsp3) is 0.727. The molecule has 0 atom stereocenters. The monoisotopic (exact) mass is 207 g/mol. The third kappa shape index (κ3) is 1.44. The Morgan fingerprint density at radius 2 is 2.00 bits per heavy atom. The normalized spacial score (nSPS) is 21.9. The summed E-state index contributed by atoms with van der Waals surface area (Å²) in [6.07, 6.45) is 5.48. The SMILES string of the molecule is O=c1[nH]n(C2CCNCC2)c2c1CCC2. The molecule has 2 aliphatic rings. The van der Waals surface area contributed by atoms with Crippen LogP contribution in [0.1, 0.15) is 36.6 Å². The van der Waals surface area contributed by atoms with E-state index in [0.29, 0.717) is 6.04 Å². The zero-order valence-electron chi connectivity index (χ0n) is 8.88. The second-order valence-corrected chi connectivity index (χ2v) is 4.57. The molecule has 1 aromatic rings. The summed E-state index contributed by atoms with van der Waals surface area (Å²) in [7, 11) is 0. The number of piperidine rings is 1. The maximum atomic E-state index is 11.7. The molecule has 1 fully saturated rings. The van der Waals surface area contributed by atoms with Gasteiger partial charge >= 0.3 is 0 Å². The van der Waals surface area contributed by atoms with Crippen molar-refractivity contribution in [2.45, 2.75) is 38.1 Å². The molecule has 0 aromatic carbocycles. The first-order valence-electron chi connectivity index (χ1n) is 5.89. The van der Waals surface area contributed by atoms with Crippen molar-refractivity contribution in [1.29, 1.82) is 0 Å². The minimum atomic E-state index is 0.154. The van der Waals surface area contributed by atoms with E-state index in [1.165, 1.54) is 5.69 Å². The first kappa shape index (κ1) is 9.21. The molecule has 4 nitrogen and oxygen atoms in total. The first-order valence-corrected chi connectivity index (χ1v) is 5.89. The number of fused-ring (bicyclic) bond motifs is 1. The number of aromatic amines is 1. The maximum Gasteiger partial charge on any atom is 0.267 e. The van der Waals surface area contributed by atoms with Gasteiger partial charge in [-0.25, -0.2) is 0 Å². The molecule has 4 heteroatoms. The summed E-state index contributed by atoms with van der Waals surface area (Å²) in [5.74, 6) is 0. The number of nitrogens with one attached hydrogen (secondary N) is 2. The van der Waals surface area contributed by atoms with Crippen molar-refractivity contribution < 1.29 is 0 Å². The van der Waals surface area contributed by atoms with Crippen molar-refractivity contribution in [1.82, 2.24) is 15.1 Å². The van der Waals surface area contributed by atoms with Gasteiger partial charge in [-0.3, -0.25) is 14.6 Å². The zero-order valence-corrected chi connectivity index (χ0v) is 8.88. The summed E-state index contributed by atoms with van der Waals surface area (Å²) < 4.78 is 2.16. The molecule has 2 heterocycles. The molecular weight excluding hydrogens is 190 g/mol. The Kier molecular flexibility index (Phi) is 2.16. The quantitative estimate of drug-likeness (QED) is 0.708. The van der Waals surface area contributed by atoms with E-state index in [1.807, 2.05) is 0 Å². The summed E-state index contributed by atoms with van der Waals surface area (Å²) in [5.41, 5.74) is 2.49. The molecule has 0 spiro atoms. The van der Waals surface area contributed by atoms with E-state index in [4.69, 9.17) is 0 Å². The van der Waals surface area contributed by atoms with Crippen molar-refractivity contribution in [3.8, 4) is 0 Å². The molecule has 0 unspecified atom stereocenters. The van der Waals surface area contributed by atoms with Gasteiger partial charge in [0.1, 0.15) is 0 Å². The van der Waals surface area contributed by atoms with Gasteiger partial charge in [0.05, 0.1) is 6.04 Å². The van der Waals surface area contributed by atoms with Gasteiger partial charge in [-0.1, -0.05) is 0 Å². The van der Waals surface area contributed by atoms with Crippen molar-refractivity contribution in [2.75, 3.05) is 13.1 Å². The van der Waals surface area contributed by atoms with E-state index in [1.54, 1.807) is 0 Å². The molecule has 82 valence electrons. The van der Waals surface area contributed by atoms with E-state index in [-0.39, 0.29) is 5.56 Å². The number of rotatable bonds is 1. The lowest BCUT2D eigenvalue weighted by Crippen LogP contribution is -2.30. The van der Waals surface area contributed by atoms with Crippen molar-refractivity contribution in [3.05, 3.63) is 21.6 Å². The maximum absolute atomic E-state index is 11.7. The summed E-state index contributed by atoms with van der Waals surface area (Å²) in [5, 5.41) is 6.37. The second kappa shape index (κ2) is 3.52. The van der Waals surface area contributed by atoms with E-state index in [0.717, 1.165) is 50.8 Å². The van der Waals surface area contributed by atoms with Crippen molar-refractivity contribution in [2.24, 2.45) is 0 Å². The van der Waals surface area contributed by atoms with Crippen LogP contribution in [0.25, 0.3) is 0 Å². The first-order chi connectivity index (χ1) is 7.36. The highest BCUT2D eigenvalue weighted by Gasteiger charge is 2.24. The van der Waals surface area contributed by atoms with Gasteiger partial charge in [0.15, 0.2) is 0 Å². The number of hydrogen-bond acceptors (Lipinski definition) is 2. The Morgan fingerprint density at radius 1 is 1.20 bits per heavy atom. The Balaban J connectivity index is 1.97. The molecule has 2 N–H and O–H groups in total. The molecule has 1 aromatic heterocycles. The molecule has 0 saturated carbocycles. The van der Waals surface area contributed by atoms with Crippen LogP contribution in [0.4, 0.5) is 0 Å². The van der Waals surface area contributed by atoms with Crippen LogP contribution in [0.5, 0.6) is 0 Å². The molecular formula is C11H17N3O. The third-order valence-electron chi connectivity index (χ3n) is 3.65. The summed E-state index contributed by atoms with van der Waals surface area (Å²) in [6, 6.07) is 0.515. The van der Waals surface area contributed by atoms with Gasteiger partial charge in [0.25, 0.3) is 5.56 Å². The number of aromatic nitrogens is 2. The smallest absolute Gasteiger partial charge is 0.267 e. The van der Waals surface area contributed by atoms with Gasteiger partial charge in [-0.15, -0.1) is 0 Å². The van der Waals surface area contributed by atoms with Gasteiger partial charge < -0.3 is 5.32 Å². The van der Waals surface area contributed by atoms with Crippen LogP contribution in [0.2, 0.25) is 0 Å². The zero-order chi connectivity index (χ0) is 10.3. The van der Waals surface area contributed by atoms with E-state index < -0.39 is 0 Å². The van der Waals surface area contributed by atoms with Crippen LogP contribution in [-0.4, -0.2) is 22.9 Å². The standard InChI is InChI=1S/C11H17N3O/c15-11-9-2-1-3-10(9)14(13-11)8-4-6-12-7-5-8/h8,12H,1-7H2,(H,13,15). The summed E-state index contributed by atoms with van der Waals surface area (Å²) in [6.45, 7) is 2.14. The van der Waals surface area contributed by atoms with Crippen LogP contribution < -0.4 is 10.9 Å². The lowest BCUT2D eigenvalue weighted by atomic mass is 10.1. The van der Waals surface area contributed by atoms with Crippen LogP contribution in [-0.2, 0) is 12.8 Å². The van der Waals surface area contributed by atoms with Gasteiger partial charge in [-0.05, 0) is 45.2 Å². The third-order valence-corrected chi connectivity index (χ3v) is 3.65. The summed E-state index contributed by atoms with van der Waals surface area (Å²) >= 11 is 0. The molecule has 1 aliphatic carbocycles. The fourth-order valence-electron chi connectivity index (χ4n) is 2.86. The molecule has 15 heavy (non-hydrogen) atoms. The van der Waals surface area contributed by atoms with Gasteiger partial charge in [0, 0.05) is 11.3 Å². The minimum Gasteiger partial charge on any atom is -0.317 e. The topological polar surface area (TPSA) is 49.8 Å². The lowest BCUT2D eigenvalue weighted by Gasteiger charge is -2.25. The van der Waals surface area contributed by atoms with Crippen LogP contribution in [0.15, 0.2) is 4.79 Å². The number of nitrogens with zero attached hydrogens (tertiary/aromatic N) is 1. The van der Waals surface area contributed by atoms with Crippen LogP contribution in [0.3, 0.4) is 0 Å². The van der Waals surface area contributed by atoms with Crippen molar-refractivity contribution in [3.63, 3.8) is 0 Å². The van der Waals surface area contributed by atoms with Crippen LogP contribution in [0, 0.1) is 0 Å². The van der Waals surface area contributed by atoms with E-state index in [9.17, 15) is 4.79 Å². The highest BCUT2D eigenvalue weighted by Crippen LogP contribution is 2.25. The Morgan fingerprint density at radius 3 is 2.80 bits per heavy atom. The minimum absolute atomic E-state index is 0.154. The number of hydrogen-bond donors (Lipinski definition) is 2. The van der Waals surface area contributed by atoms with E-state index in [2.05, 4.69) is 15.1 Å². The fourth-order valence-corrected chi connectivity index (χ4v) is 2.86. The predicted octanol–water partition coefficient (Wildman–Crippen LogP) is 0.590. The summed E-state index contributed by atoms with van der Waals surface area (Å²) in [4.78, 5) is 11.7. The predicted molar refractivity (Wildman–Crippen MR) is 58.2 cm³/mol. The van der Waals surface area contributed by atoms with Crippen LogP contribution >= 0.6 is 0 Å². The molecule has 0 radical (unpaired) electrons. The second-order valence-electron chi connectivity index (χ2n) is 4.57. The molecule has 0 amide bonds. The lowest BCUT2D eigenvalue weighted by molar-refractivity contribution is 0.334. The largest absolute Gasteiger partial charge is 0.317 e. The van der Waals surface area contributed by atoms with Crippen molar-refractivity contribution >= 4 is 0 Å². The Hall–Kier alpha value is -1.03. The molecule has 1 aliphatic heterocycles. The molecule has 0 bridgehead atoms. The van der Waals surface area contributed by atoms with Gasteiger partial charge in [0.2, 0.25) is 0 Å². The van der Waals surface area contributed by atoms with E-state index >= 15 is 0 Å². The molecule has 1 saturated heterocycles. The average Bonchev–Trinajstić information content (AvgIpc) is 2.84. The highest BCUT2D eigenvalue weighted by atomic mass is 16.1.